The number of hydrogen-bond donors (Lipinski definition) is 2. The largest absolute Gasteiger partial charge is 0.349 e. The minimum atomic E-state index is -0.0480. The van der Waals surface area contributed by atoms with Gasteiger partial charge in [-0.15, -0.1) is 0 Å². The molecule has 0 bridgehead atoms. The average molecular weight is 359 g/mol. The summed E-state index contributed by atoms with van der Waals surface area (Å²) in [7, 11) is 0. The van der Waals surface area contributed by atoms with Crippen molar-refractivity contribution < 1.29 is 4.79 Å². The monoisotopic (exact) mass is 358 g/mol. The number of aromatic nitrogens is 2. The van der Waals surface area contributed by atoms with Gasteiger partial charge >= 0.3 is 0 Å². The molecular weight excluding hydrogens is 336 g/mol. The van der Waals surface area contributed by atoms with E-state index >= 15 is 0 Å². The van der Waals surface area contributed by atoms with Crippen LogP contribution in [-0.2, 0) is 11.3 Å². The van der Waals surface area contributed by atoms with E-state index in [1.165, 1.54) is 32.1 Å². The third-order valence-electron chi connectivity index (χ3n) is 5.36. The first-order valence-corrected chi connectivity index (χ1v) is 9.37. The van der Waals surface area contributed by atoms with Crippen LogP contribution in [0.3, 0.4) is 0 Å². The van der Waals surface area contributed by atoms with Gasteiger partial charge in [0.15, 0.2) is 0 Å². The van der Waals surface area contributed by atoms with E-state index in [1.54, 1.807) is 4.68 Å². The number of carbonyl (C=O) groups is 1. The van der Waals surface area contributed by atoms with Crippen molar-refractivity contribution in [1.82, 2.24) is 20.4 Å². The molecule has 2 aliphatic rings. The van der Waals surface area contributed by atoms with Gasteiger partial charge in [0, 0.05) is 16.8 Å². The molecule has 6 heteroatoms. The van der Waals surface area contributed by atoms with Gasteiger partial charge in [0.2, 0.25) is 5.91 Å². The van der Waals surface area contributed by atoms with Crippen LogP contribution in [0.4, 0.5) is 0 Å². The molecule has 1 saturated carbocycles. The molecule has 2 aromatic rings. The van der Waals surface area contributed by atoms with Crippen LogP contribution in [0.5, 0.6) is 0 Å². The predicted molar refractivity (Wildman–Crippen MR) is 97.8 cm³/mol. The molecule has 1 unspecified atom stereocenters. The van der Waals surface area contributed by atoms with Gasteiger partial charge in [-0.3, -0.25) is 4.79 Å². The second-order valence-corrected chi connectivity index (χ2v) is 7.63. The molecule has 1 saturated heterocycles. The van der Waals surface area contributed by atoms with E-state index in [9.17, 15) is 4.79 Å². The maximum absolute atomic E-state index is 12.3. The second kappa shape index (κ2) is 6.81. The highest BCUT2D eigenvalue weighted by Gasteiger charge is 2.46. The van der Waals surface area contributed by atoms with Crippen molar-refractivity contribution in [2.75, 3.05) is 0 Å². The zero-order valence-corrected chi connectivity index (χ0v) is 14.9. The lowest BCUT2D eigenvalue weighted by molar-refractivity contribution is -0.128. The summed E-state index contributed by atoms with van der Waals surface area (Å²) in [5.74, 6) is 0.0773. The molecule has 1 amide bonds. The molecule has 5 nitrogen and oxygen atoms in total. The van der Waals surface area contributed by atoms with Crippen molar-refractivity contribution in [3.8, 4) is 5.69 Å². The number of amides is 1. The standard InChI is InChI=1S/C19H23ClN4O/c20-14-5-4-6-16(11-14)24-10-7-15(23-24)13-21-18(25)17-12-19(22-17)8-2-1-3-9-19/h4-7,10-11,17,22H,1-3,8-9,12-13H2,(H,21,25). The quantitative estimate of drug-likeness (QED) is 0.882. The smallest absolute Gasteiger partial charge is 0.237 e. The molecule has 1 aromatic heterocycles. The van der Waals surface area contributed by atoms with Crippen molar-refractivity contribution in [3.63, 3.8) is 0 Å². The summed E-state index contributed by atoms with van der Waals surface area (Å²) in [5.41, 5.74) is 1.99. The summed E-state index contributed by atoms with van der Waals surface area (Å²) in [6.07, 6.45) is 9.16. The van der Waals surface area contributed by atoms with Crippen molar-refractivity contribution in [3.05, 3.63) is 47.2 Å². The third-order valence-corrected chi connectivity index (χ3v) is 5.60. The van der Waals surface area contributed by atoms with Crippen LogP contribution in [0.2, 0.25) is 5.02 Å². The van der Waals surface area contributed by atoms with Gasteiger partial charge in [-0.25, -0.2) is 4.68 Å². The van der Waals surface area contributed by atoms with Crippen LogP contribution < -0.4 is 10.6 Å². The molecule has 0 radical (unpaired) electrons. The van der Waals surface area contributed by atoms with E-state index in [4.69, 9.17) is 11.6 Å². The molecule has 132 valence electrons. The number of halogens is 1. The Balaban J connectivity index is 1.30. The van der Waals surface area contributed by atoms with Crippen molar-refractivity contribution in [2.24, 2.45) is 0 Å². The Labute approximate surface area is 152 Å². The Morgan fingerprint density at radius 2 is 2.12 bits per heavy atom. The maximum atomic E-state index is 12.3. The van der Waals surface area contributed by atoms with Gasteiger partial charge < -0.3 is 10.6 Å². The first-order valence-electron chi connectivity index (χ1n) is 9.00. The lowest BCUT2D eigenvalue weighted by Gasteiger charge is -2.50. The fraction of sp³-hybridized carbons (Fsp3) is 0.474. The summed E-state index contributed by atoms with van der Waals surface area (Å²) in [4.78, 5) is 12.3. The van der Waals surface area contributed by atoms with E-state index in [-0.39, 0.29) is 17.5 Å². The second-order valence-electron chi connectivity index (χ2n) is 7.19. The number of rotatable bonds is 4. The Kier molecular flexibility index (Phi) is 4.52. The molecule has 1 spiro atoms. The zero-order valence-electron chi connectivity index (χ0n) is 14.2. The van der Waals surface area contributed by atoms with E-state index in [0.717, 1.165) is 17.8 Å². The summed E-state index contributed by atoms with van der Waals surface area (Å²) in [5, 5.41) is 11.7. The van der Waals surface area contributed by atoms with Crippen LogP contribution in [0.15, 0.2) is 36.5 Å². The topological polar surface area (TPSA) is 59.0 Å². The molecule has 1 aromatic carbocycles. The highest BCUT2D eigenvalue weighted by molar-refractivity contribution is 6.30. The number of nitrogens with zero attached hydrogens (tertiary/aromatic N) is 2. The lowest BCUT2D eigenvalue weighted by atomic mass is 9.71. The summed E-state index contributed by atoms with van der Waals surface area (Å²) >= 11 is 6.02. The number of hydrogen-bond acceptors (Lipinski definition) is 3. The molecule has 2 N–H and O–H groups in total. The molecule has 4 rings (SSSR count). The number of nitrogens with one attached hydrogen (secondary N) is 2. The lowest BCUT2D eigenvalue weighted by Crippen LogP contribution is -2.68. The summed E-state index contributed by atoms with van der Waals surface area (Å²) in [6, 6.07) is 9.40. The third kappa shape index (κ3) is 3.58. The average Bonchev–Trinajstić information content (AvgIpc) is 3.07. The Morgan fingerprint density at radius 3 is 2.88 bits per heavy atom. The molecule has 25 heavy (non-hydrogen) atoms. The molecule has 1 aliphatic carbocycles. The Hall–Kier alpha value is -1.85. The van der Waals surface area contributed by atoms with E-state index in [1.807, 2.05) is 36.5 Å². The molecular formula is C19H23ClN4O. The fourth-order valence-corrected chi connectivity index (χ4v) is 4.18. The zero-order chi connectivity index (χ0) is 17.3. The first-order chi connectivity index (χ1) is 12.1. The number of benzene rings is 1. The minimum absolute atomic E-state index is 0.0480. The van der Waals surface area contributed by atoms with Gasteiger partial charge in [-0.05, 0) is 43.5 Å². The normalized spacial score (nSPS) is 21.7. The van der Waals surface area contributed by atoms with Crippen molar-refractivity contribution >= 4 is 17.5 Å². The highest BCUT2D eigenvalue weighted by atomic mass is 35.5. The van der Waals surface area contributed by atoms with Crippen LogP contribution in [0, 0.1) is 0 Å². The Bertz CT molecular complexity index is 758. The van der Waals surface area contributed by atoms with E-state index in [0.29, 0.717) is 11.6 Å². The summed E-state index contributed by atoms with van der Waals surface area (Å²) < 4.78 is 1.77. The fourth-order valence-electron chi connectivity index (χ4n) is 3.99. The van der Waals surface area contributed by atoms with Gasteiger partial charge in [-0.2, -0.15) is 5.10 Å². The summed E-state index contributed by atoms with van der Waals surface area (Å²) in [6.45, 7) is 0.442. The van der Waals surface area contributed by atoms with Crippen molar-refractivity contribution in [1.29, 1.82) is 0 Å². The number of carbonyl (C=O) groups excluding carboxylic acids is 1. The van der Waals surface area contributed by atoms with Crippen LogP contribution in [0.25, 0.3) is 5.69 Å². The highest BCUT2D eigenvalue weighted by Crippen LogP contribution is 2.38. The van der Waals surface area contributed by atoms with Crippen LogP contribution >= 0.6 is 11.6 Å². The molecule has 2 fully saturated rings. The minimum Gasteiger partial charge on any atom is -0.349 e. The van der Waals surface area contributed by atoms with E-state index in [2.05, 4.69) is 15.7 Å². The van der Waals surface area contributed by atoms with Crippen LogP contribution in [0.1, 0.15) is 44.2 Å². The SMILES string of the molecule is O=C(NCc1ccn(-c2cccc(Cl)c2)n1)C1CC2(CCCCC2)N1. The van der Waals surface area contributed by atoms with Crippen molar-refractivity contribution in [2.45, 2.75) is 56.7 Å². The van der Waals surface area contributed by atoms with Gasteiger partial charge in [0.1, 0.15) is 0 Å². The predicted octanol–water partition coefficient (Wildman–Crippen LogP) is 3.21. The molecule has 1 atom stereocenters. The van der Waals surface area contributed by atoms with Gasteiger partial charge in [0.05, 0.1) is 24.0 Å². The first kappa shape index (κ1) is 16.6. The van der Waals surface area contributed by atoms with Gasteiger partial charge in [-0.1, -0.05) is 36.9 Å². The molecule has 1 aliphatic heterocycles. The van der Waals surface area contributed by atoms with Crippen LogP contribution in [-0.4, -0.2) is 27.3 Å². The van der Waals surface area contributed by atoms with Gasteiger partial charge in [0.25, 0.3) is 0 Å². The van der Waals surface area contributed by atoms with E-state index < -0.39 is 0 Å². The maximum Gasteiger partial charge on any atom is 0.237 e. The Morgan fingerprint density at radius 1 is 1.32 bits per heavy atom. The molecule has 2 heterocycles.